The van der Waals surface area contributed by atoms with Gasteiger partial charge in [-0.1, -0.05) is 0 Å². The third-order valence-electron chi connectivity index (χ3n) is 2.38. The number of amides is 1. The van der Waals surface area contributed by atoms with Crippen molar-refractivity contribution >= 4 is 5.91 Å². The van der Waals surface area contributed by atoms with Crippen LogP contribution in [-0.4, -0.2) is 41.1 Å². The Bertz CT molecular complexity index is 248. The highest BCUT2D eigenvalue weighted by molar-refractivity contribution is 5.81. The summed E-state index contributed by atoms with van der Waals surface area (Å²) >= 11 is 0. The second-order valence-corrected chi connectivity index (χ2v) is 3.64. The first-order valence-electron chi connectivity index (χ1n) is 4.86. The summed E-state index contributed by atoms with van der Waals surface area (Å²) in [5.41, 5.74) is 5.45. The number of carbonyl (C=O) groups excluding carboxylic acids is 1. The van der Waals surface area contributed by atoms with Crippen molar-refractivity contribution < 1.29 is 14.7 Å². The minimum absolute atomic E-state index is 0.116. The number of hydrogen-bond donors (Lipinski definition) is 1. The van der Waals surface area contributed by atoms with Crippen LogP contribution in [0.4, 0.5) is 0 Å². The van der Waals surface area contributed by atoms with Gasteiger partial charge in [-0.05, 0) is 19.8 Å². The van der Waals surface area contributed by atoms with E-state index < -0.39 is 17.2 Å². The maximum atomic E-state index is 11.5. The molecular formula is C8H15N3O4. The summed E-state index contributed by atoms with van der Waals surface area (Å²) in [5.74, 6) is -0.116. The van der Waals surface area contributed by atoms with E-state index in [1.165, 1.54) is 0 Å². The lowest BCUT2D eigenvalue weighted by Gasteiger charge is -2.31. The van der Waals surface area contributed by atoms with Gasteiger partial charge >= 0.3 is 0 Å². The molecule has 1 amide bonds. The van der Waals surface area contributed by atoms with Gasteiger partial charge in [0.15, 0.2) is 0 Å². The predicted octanol–water partition coefficient (Wildman–Crippen LogP) is -0.467. The minimum Gasteiger partial charge on any atom is -0.341 e. The Kier molecular flexibility index (Phi) is 3.84. The van der Waals surface area contributed by atoms with Crippen LogP contribution in [0.1, 0.15) is 19.8 Å². The van der Waals surface area contributed by atoms with Gasteiger partial charge in [0.25, 0.3) is 5.09 Å². The van der Waals surface area contributed by atoms with E-state index in [-0.39, 0.29) is 5.91 Å². The highest BCUT2D eigenvalue weighted by atomic mass is 17.0. The zero-order valence-electron chi connectivity index (χ0n) is 8.59. The number of hydrogen-bond acceptors (Lipinski definition) is 5. The Morgan fingerprint density at radius 2 is 2.13 bits per heavy atom. The molecule has 1 aliphatic rings. The summed E-state index contributed by atoms with van der Waals surface area (Å²) in [6.45, 7) is 2.57. The summed E-state index contributed by atoms with van der Waals surface area (Å²) in [7, 11) is 0. The molecule has 7 nitrogen and oxygen atoms in total. The fourth-order valence-electron chi connectivity index (χ4n) is 1.59. The second-order valence-electron chi connectivity index (χ2n) is 3.64. The highest BCUT2D eigenvalue weighted by Gasteiger charge is 2.26. The molecule has 1 fully saturated rings. The number of nitrogens with two attached hydrogens (primary N) is 1. The minimum atomic E-state index is -0.784. The first-order chi connectivity index (χ1) is 7.00. The van der Waals surface area contributed by atoms with Gasteiger partial charge in [0.1, 0.15) is 6.10 Å². The zero-order valence-corrected chi connectivity index (χ0v) is 8.59. The van der Waals surface area contributed by atoms with Gasteiger partial charge in [0.2, 0.25) is 5.91 Å². The van der Waals surface area contributed by atoms with Gasteiger partial charge in [-0.2, -0.15) is 0 Å². The van der Waals surface area contributed by atoms with E-state index in [2.05, 4.69) is 4.84 Å². The normalized spacial score (nSPS) is 19.7. The van der Waals surface area contributed by atoms with Gasteiger partial charge in [-0.25, -0.2) is 0 Å². The van der Waals surface area contributed by atoms with Crippen LogP contribution in [0.3, 0.4) is 0 Å². The van der Waals surface area contributed by atoms with Crippen LogP contribution in [-0.2, 0) is 9.63 Å². The molecule has 7 heteroatoms. The molecule has 15 heavy (non-hydrogen) atoms. The van der Waals surface area contributed by atoms with Gasteiger partial charge in [0.05, 0.1) is 6.04 Å². The van der Waals surface area contributed by atoms with Crippen molar-refractivity contribution in [2.45, 2.75) is 31.9 Å². The van der Waals surface area contributed by atoms with E-state index in [0.717, 1.165) is 0 Å². The van der Waals surface area contributed by atoms with Crippen LogP contribution >= 0.6 is 0 Å². The van der Waals surface area contributed by atoms with Crippen LogP contribution in [0.5, 0.6) is 0 Å². The van der Waals surface area contributed by atoms with E-state index in [0.29, 0.717) is 25.9 Å². The maximum Gasteiger partial charge on any atom is 0.294 e. The molecule has 0 bridgehead atoms. The summed E-state index contributed by atoms with van der Waals surface area (Å²) in [5, 5.41) is 9.29. The molecule has 0 aromatic carbocycles. The van der Waals surface area contributed by atoms with Crippen LogP contribution in [0.15, 0.2) is 0 Å². The topological polar surface area (TPSA) is 98.7 Å². The van der Waals surface area contributed by atoms with E-state index in [9.17, 15) is 14.9 Å². The molecule has 0 aromatic rings. The lowest BCUT2D eigenvalue weighted by molar-refractivity contribution is -0.769. The lowest BCUT2D eigenvalue weighted by Crippen LogP contribution is -2.47. The summed E-state index contributed by atoms with van der Waals surface area (Å²) in [6.07, 6.45) is 0.580. The van der Waals surface area contributed by atoms with Crippen molar-refractivity contribution in [3.8, 4) is 0 Å². The summed E-state index contributed by atoms with van der Waals surface area (Å²) < 4.78 is 0. The van der Waals surface area contributed by atoms with Crippen molar-refractivity contribution in [2.75, 3.05) is 13.1 Å². The SMILES string of the molecule is C[C@H](N)C(=O)N1CCC(O[N+](=O)[O-])CC1. The average Bonchev–Trinajstić information content (AvgIpc) is 2.17. The molecule has 1 atom stereocenters. The Morgan fingerprint density at radius 3 is 2.53 bits per heavy atom. The Labute approximate surface area is 87.3 Å². The standard InChI is InChI=1S/C8H15N3O4/c1-6(9)8(12)10-4-2-7(3-5-10)15-11(13)14/h6-7H,2-5,9H2,1H3/t6-/m0/s1. The summed E-state index contributed by atoms with van der Waals surface area (Å²) in [6, 6.07) is -0.516. The van der Waals surface area contributed by atoms with Gasteiger partial charge in [0, 0.05) is 13.1 Å². The fraction of sp³-hybridized carbons (Fsp3) is 0.875. The van der Waals surface area contributed by atoms with E-state index in [1.807, 2.05) is 0 Å². The molecule has 0 radical (unpaired) electrons. The third-order valence-corrected chi connectivity index (χ3v) is 2.38. The number of likely N-dealkylation sites (tertiary alicyclic amines) is 1. The largest absolute Gasteiger partial charge is 0.341 e. The number of rotatable bonds is 3. The van der Waals surface area contributed by atoms with E-state index in [1.54, 1.807) is 11.8 Å². The van der Waals surface area contributed by atoms with Crippen molar-refractivity contribution in [3.05, 3.63) is 10.1 Å². The molecule has 1 saturated heterocycles. The smallest absolute Gasteiger partial charge is 0.294 e. The third kappa shape index (κ3) is 3.35. The van der Waals surface area contributed by atoms with Crippen molar-refractivity contribution in [3.63, 3.8) is 0 Å². The lowest BCUT2D eigenvalue weighted by atomic mass is 10.1. The van der Waals surface area contributed by atoms with Crippen LogP contribution in [0.2, 0.25) is 0 Å². The predicted molar refractivity (Wildman–Crippen MR) is 51.3 cm³/mol. The van der Waals surface area contributed by atoms with Crippen molar-refractivity contribution in [2.24, 2.45) is 5.73 Å². The van der Waals surface area contributed by atoms with E-state index in [4.69, 9.17) is 5.73 Å². The Hall–Kier alpha value is -1.37. The number of piperidine rings is 1. The van der Waals surface area contributed by atoms with Gasteiger partial charge in [-0.15, -0.1) is 10.1 Å². The molecule has 0 saturated carbocycles. The molecule has 1 rings (SSSR count). The quantitative estimate of drug-likeness (QED) is 0.509. The van der Waals surface area contributed by atoms with Crippen LogP contribution < -0.4 is 5.73 Å². The van der Waals surface area contributed by atoms with Crippen LogP contribution in [0.25, 0.3) is 0 Å². The highest BCUT2D eigenvalue weighted by Crippen LogP contribution is 2.14. The molecule has 0 spiro atoms. The molecule has 1 heterocycles. The second kappa shape index (κ2) is 4.92. The molecule has 0 aliphatic carbocycles. The maximum absolute atomic E-state index is 11.5. The molecule has 1 aliphatic heterocycles. The zero-order chi connectivity index (χ0) is 11.4. The average molecular weight is 217 g/mol. The number of nitrogens with zero attached hydrogens (tertiary/aromatic N) is 2. The van der Waals surface area contributed by atoms with Crippen molar-refractivity contribution in [1.82, 2.24) is 4.90 Å². The monoisotopic (exact) mass is 217 g/mol. The molecule has 2 N–H and O–H groups in total. The van der Waals surface area contributed by atoms with Gasteiger partial charge < -0.3 is 15.5 Å². The van der Waals surface area contributed by atoms with Crippen LogP contribution in [0, 0.1) is 10.1 Å². The molecular weight excluding hydrogens is 202 g/mol. The number of carbonyl (C=O) groups is 1. The van der Waals surface area contributed by atoms with Crippen molar-refractivity contribution in [1.29, 1.82) is 0 Å². The first kappa shape index (κ1) is 11.7. The van der Waals surface area contributed by atoms with E-state index >= 15 is 0 Å². The van der Waals surface area contributed by atoms with Gasteiger partial charge in [-0.3, -0.25) is 4.79 Å². The first-order valence-corrected chi connectivity index (χ1v) is 4.86. The fourth-order valence-corrected chi connectivity index (χ4v) is 1.59. The Morgan fingerprint density at radius 1 is 1.60 bits per heavy atom. The molecule has 0 unspecified atom stereocenters. The molecule has 0 aromatic heterocycles. The molecule has 86 valence electrons. The Balaban J connectivity index is 2.35. The summed E-state index contributed by atoms with van der Waals surface area (Å²) in [4.78, 5) is 27.6.